The van der Waals surface area contributed by atoms with Crippen molar-refractivity contribution in [1.29, 1.82) is 0 Å². The zero-order valence-electron chi connectivity index (χ0n) is 63.0. The highest BCUT2D eigenvalue weighted by Gasteiger charge is 2.22. The van der Waals surface area contributed by atoms with Crippen LogP contribution in [0.4, 0.5) is 0 Å². The Morgan fingerprint density at radius 3 is 0.883 bits per heavy atom. The summed E-state index contributed by atoms with van der Waals surface area (Å²) in [5.41, 5.74) is 14.1. The number of fused-ring (bicyclic) bond motifs is 12. The lowest BCUT2D eigenvalue weighted by molar-refractivity contribution is 1.02. The van der Waals surface area contributed by atoms with Crippen molar-refractivity contribution in [2.75, 3.05) is 0 Å². The van der Waals surface area contributed by atoms with Crippen molar-refractivity contribution < 1.29 is 0 Å². The first kappa shape index (κ1) is 69.5. The molecular weight excluding hydrogens is 1490 g/mol. The Hall–Kier alpha value is -17.2. The average Bonchev–Trinajstić information content (AvgIpc) is 0.756. The van der Waals surface area contributed by atoms with Crippen LogP contribution in [0.3, 0.4) is 0 Å². The summed E-state index contributed by atoms with van der Waals surface area (Å²) >= 11 is 0. The minimum atomic E-state index is 0.517. The number of hydrogen-bond acceptors (Lipinski definition) is 23. The highest BCUT2D eigenvalue weighted by Crippen LogP contribution is 2.40. The smallest absolute Gasteiger partial charge is 0.165 e. The Labute approximate surface area is 679 Å². The van der Waals surface area contributed by atoms with E-state index in [-0.39, 0.29) is 0 Å². The lowest BCUT2D eigenvalue weighted by Gasteiger charge is -2.13. The molecule has 24 rings (SSSR count). The lowest BCUT2D eigenvalue weighted by atomic mass is 9.96. The summed E-state index contributed by atoms with van der Waals surface area (Å²) in [6.45, 7) is 0. The molecule has 0 atom stereocenters. The van der Waals surface area contributed by atoms with Crippen molar-refractivity contribution in [3.05, 3.63) is 336 Å². The van der Waals surface area contributed by atoms with Gasteiger partial charge in [0.25, 0.3) is 0 Å². The van der Waals surface area contributed by atoms with E-state index in [0.29, 0.717) is 63.5 Å². The molecule has 0 unspecified atom stereocenters. The molecule has 0 radical (unpaired) electrons. The molecule has 0 aliphatic carbocycles. The van der Waals surface area contributed by atoms with Gasteiger partial charge in [0.05, 0.1) is 33.1 Å². The van der Waals surface area contributed by atoms with Crippen LogP contribution in [0.15, 0.2) is 336 Å². The van der Waals surface area contributed by atoms with Crippen LogP contribution in [0.1, 0.15) is 0 Å². The maximum absolute atomic E-state index is 5.08. The molecule has 0 saturated carbocycles. The average molecular weight is 1540 g/mol. The Morgan fingerprint density at radius 1 is 0.167 bits per heavy atom. The van der Waals surface area contributed by atoms with Crippen LogP contribution in [0.5, 0.6) is 0 Å². The van der Waals surface area contributed by atoms with Crippen molar-refractivity contribution in [1.82, 2.24) is 115 Å². The van der Waals surface area contributed by atoms with Gasteiger partial charge < -0.3 is 0 Å². The van der Waals surface area contributed by atoms with E-state index >= 15 is 0 Å². The van der Waals surface area contributed by atoms with Gasteiger partial charge in [-0.25, -0.2) is 94.7 Å². The third kappa shape index (κ3) is 13.4. The predicted molar refractivity (Wildman–Crippen MR) is 468 cm³/mol. The van der Waals surface area contributed by atoms with Gasteiger partial charge in [-0.15, -0.1) is 20.4 Å². The molecule has 0 fully saturated rings. The van der Waals surface area contributed by atoms with Gasteiger partial charge in [-0.3, -0.25) is 0 Å². The molecule has 24 aromatic rings. The quantitative estimate of drug-likeness (QED) is 0.121. The summed E-state index contributed by atoms with van der Waals surface area (Å²) in [5, 5.41) is 33.6. The number of hydrogen-bond donors (Lipinski definition) is 0. The SMILES string of the molecule is c1ccc2c(-c3nc(-c4ccc5ncncc5c4)nc(-c4ccc5ncncc5c4)n3)c3ccccc3cc2c1.c1ccc2cc3c(-c4nc(-c5ccc6ncncc6c5)nc(-c5ccc6ncncc6c5)n4)cccc3cc2c1.c1ccc2cc3cc(-c4nc(-c5ccc6ncnnc6c5)nc(-c5ccc6ncnnc6c5)n4)ccc3cc2c1. The third-order valence-corrected chi connectivity index (χ3v) is 21.2. The minimum absolute atomic E-state index is 0.517. The van der Waals surface area contributed by atoms with Crippen LogP contribution in [0.2, 0.25) is 0 Å². The Balaban J connectivity index is 0.000000108. The summed E-state index contributed by atoms with van der Waals surface area (Å²) in [6.07, 6.45) is 16.3. The molecule has 0 N–H and O–H groups in total. The van der Waals surface area contributed by atoms with E-state index in [1.807, 2.05) is 115 Å². The molecule has 9 aromatic heterocycles. The molecule has 23 heteroatoms. The summed E-state index contributed by atoms with van der Waals surface area (Å²) in [7, 11) is 0. The second-order valence-corrected chi connectivity index (χ2v) is 28.6. The standard InChI is InChI=1S/2C33H19N7.C31H17N9/c1-3-7-26-20(5-1)13-21-6-2-4-8-27(21)30(26)33-39-31(22-9-11-28-24(14-22)16-34-18-36-28)38-32(40-33)23-10-12-29-25(15-23)17-35-19-37-29;1-2-5-21-15-28-22(12-20(21)4-1)6-3-7-27(28)33-39-31(23-8-10-29-25(13-23)16-34-18-36-29)38-32(40-33)24-9-11-30-26(14-24)17-35-19-37-30;1-2-4-19-12-24-13-21(6-5-20(24)11-18(19)3-1)29-36-30(22-7-9-25-27(14-22)39-34-16-32-25)38-31(37-29)23-8-10-26-28(15-23)40-35-17-33-26/h2*1-19H;1-17H. The Kier molecular flexibility index (Phi) is 17.2. The molecule has 0 bridgehead atoms. The fourth-order valence-corrected chi connectivity index (χ4v) is 15.3. The van der Waals surface area contributed by atoms with Crippen LogP contribution >= 0.6 is 0 Å². The molecule has 0 spiro atoms. The van der Waals surface area contributed by atoms with Gasteiger partial charge in [-0.2, -0.15) is 0 Å². The summed E-state index contributed by atoms with van der Waals surface area (Å²) < 4.78 is 0. The van der Waals surface area contributed by atoms with E-state index in [1.54, 1.807) is 50.1 Å². The molecule has 0 aliphatic rings. The van der Waals surface area contributed by atoms with Gasteiger partial charge in [0.1, 0.15) is 49.0 Å². The van der Waals surface area contributed by atoms with Gasteiger partial charge >= 0.3 is 0 Å². The van der Waals surface area contributed by atoms with Crippen LogP contribution < -0.4 is 0 Å². The van der Waals surface area contributed by atoms with Crippen molar-refractivity contribution >= 4 is 130 Å². The second-order valence-electron chi connectivity index (χ2n) is 28.6. The van der Waals surface area contributed by atoms with E-state index in [9.17, 15) is 0 Å². The van der Waals surface area contributed by atoms with E-state index in [0.717, 1.165) is 148 Å². The van der Waals surface area contributed by atoms with E-state index in [1.165, 1.54) is 34.2 Å². The maximum Gasteiger partial charge on any atom is 0.165 e. The summed E-state index contributed by atoms with van der Waals surface area (Å²) in [4.78, 5) is 87.6. The van der Waals surface area contributed by atoms with Crippen LogP contribution in [0, 0.1) is 0 Å². The Morgan fingerprint density at radius 2 is 0.458 bits per heavy atom. The first-order chi connectivity index (χ1) is 59.3. The van der Waals surface area contributed by atoms with Gasteiger partial charge in [0.15, 0.2) is 52.4 Å². The highest BCUT2D eigenvalue weighted by molar-refractivity contribution is 6.12. The van der Waals surface area contributed by atoms with Crippen molar-refractivity contribution in [3.63, 3.8) is 0 Å². The van der Waals surface area contributed by atoms with Gasteiger partial charge in [0, 0.05) is 96.4 Å². The highest BCUT2D eigenvalue weighted by atomic mass is 15.1. The molecule has 558 valence electrons. The van der Waals surface area contributed by atoms with Crippen LogP contribution in [-0.2, 0) is 0 Å². The van der Waals surface area contributed by atoms with Crippen molar-refractivity contribution in [2.45, 2.75) is 0 Å². The molecule has 0 amide bonds. The van der Waals surface area contributed by atoms with Crippen molar-refractivity contribution in [3.8, 4) is 102 Å². The largest absolute Gasteiger partial charge is 0.244 e. The van der Waals surface area contributed by atoms with Crippen molar-refractivity contribution in [2.24, 2.45) is 0 Å². The topological polar surface area (TPSA) is 296 Å². The van der Waals surface area contributed by atoms with Crippen LogP contribution in [0.25, 0.3) is 233 Å². The Bertz CT molecular complexity index is 7880. The molecule has 0 aliphatic heterocycles. The molecule has 9 heterocycles. The predicted octanol–water partition coefficient (Wildman–Crippen LogP) is 20.0. The first-order valence-corrected chi connectivity index (χ1v) is 38.4. The zero-order chi connectivity index (χ0) is 79.4. The third-order valence-electron chi connectivity index (χ3n) is 21.2. The molecule has 15 aromatic carbocycles. The molecule has 0 saturated heterocycles. The van der Waals surface area contributed by atoms with E-state index in [2.05, 4.69) is 228 Å². The fourth-order valence-electron chi connectivity index (χ4n) is 15.3. The number of benzene rings is 15. The maximum atomic E-state index is 5.08. The number of rotatable bonds is 9. The summed E-state index contributed by atoms with van der Waals surface area (Å²) in [5.74, 6) is 5.12. The summed E-state index contributed by atoms with van der Waals surface area (Å²) in [6, 6.07) is 92.3. The second kappa shape index (κ2) is 29.6. The van der Waals surface area contributed by atoms with Gasteiger partial charge in [0.2, 0.25) is 0 Å². The normalized spacial score (nSPS) is 11.5. The molecular formula is C97H55N23. The number of aromatic nitrogens is 23. The molecule has 23 nitrogen and oxygen atoms in total. The zero-order valence-corrected chi connectivity index (χ0v) is 63.0. The van der Waals surface area contributed by atoms with Gasteiger partial charge in [-0.1, -0.05) is 127 Å². The fraction of sp³-hybridized carbons (Fsp3) is 0. The van der Waals surface area contributed by atoms with E-state index < -0.39 is 0 Å². The first-order valence-electron chi connectivity index (χ1n) is 38.4. The monoisotopic (exact) mass is 1540 g/mol. The molecule has 120 heavy (non-hydrogen) atoms. The minimum Gasteiger partial charge on any atom is -0.244 e. The van der Waals surface area contributed by atoms with Crippen LogP contribution in [-0.4, -0.2) is 115 Å². The van der Waals surface area contributed by atoms with Gasteiger partial charge in [-0.05, 0) is 210 Å². The lowest BCUT2D eigenvalue weighted by Crippen LogP contribution is -2.01. The van der Waals surface area contributed by atoms with E-state index in [4.69, 9.17) is 44.9 Å². The number of nitrogens with zero attached hydrogens (tertiary/aromatic N) is 23.